The van der Waals surface area contributed by atoms with Crippen molar-refractivity contribution in [1.29, 1.82) is 0 Å². The first-order valence-electron chi connectivity index (χ1n) is 29.1. The van der Waals surface area contributed by atoms with Crippen molar-refractivity contribution in [3.8, 4) is 22.5 Å². The summed E-state index contributed by atoms with van der Waals surface area (Å²) in [6.45, 7) is 11.7. The Labute approximate surface area is 497 Å². The number of anilines is 2. The molecule has 7 aromatic carbocycles. The predicted octanol–water partition coefficient (Wildman–Crippen LogP) is 11.2. The average Bonchev–Trinajstić information content (AvgIpc) is 3.41. The second-order valence-corrected chi connectivity index (χ2v) is 23.1. The van der Waals surface area contributed by atoms with Gasteiger partial charge in [0.15, 0.2) is 17.9 Å². The number of piperazine rings is 2. The molecule has 2 amide bonds. The van der Waals surface area contributed by atoms with Crippen molar-refractivity contribution in [2.24, 2.45) is 0 Å². The van der Waals surface area contributed by atoms with Gasteiger partial charge in [0.05, 0.1) is 11.5 Å². The maximum atomic E-state index is 13.0. The highest BCUT2D eigenvalue weighted by Gasteiger charge is 2.32. The number of benzene rings is 7. The highest BCUT2D eigenvalue weighted by atomic mass is 32.2. The Morgan fingerprint density at radius 2 is 1.00 bits per heavy atom. The predicted molar refractivity (Wildman–Crippen MR) is 333 cm³/mol. The molecule has 1 unspecified atom stereocenters. The van der Waals surface area contributed by atoms with E-state index in [0.717, 1.165) is 104 Å². The molecule has 3 fully saturated rings. The number of aryl methyl sites for hydroxylation is 1. The normalized spacial score (nSPS) is 17.2. The quantitative estimate of drug-likeness (QED) is 0.104. The summed E-state index contributed by atoms with van der Waals surface area (Å²) in [7, 11) is -4.02. The molecule has 16 nitrogen and oxygen atoms in total. The van der Waals surface area contributed by atoms with Gasteiger partial charge in [-0.15, -0.1) is 20.4 Å². The fraction of sp³-hybridized carbons (Fsp3) is 0.294. The van der Waals surface area contributed by atoms with Crippen LogP contribution in [0.4, 0.5) is 11.6 Å². The molecule has 12 rings (SSSR count). The van der Waals surface area contributed by atoms with Crippen LogP contribution in [-0.2, 0) is 32.4 Å². The number of aliphatic hydroxyl groups excluding tert-OH is 1. The summed E-state index contributed by atoms with van der Waals surface area (Å²) < 4.78 is 41.1. The summed E-state index contributed by atoms with van der Waals surface area (Å²) in [6.07, 6.45) is 4.73. The smallest absolute Gasteiger partial charge is 0.294 e. The Kier molecular flexibility index (Phi) is 19.6. The first-order chi connectivity index (χ1) is 41.3. The van der Waals surface area contributed by atoms with Gasteiger partial charge in [0.2, 0.25) is 0 Å². The number of amides is 2. The molecule has 0 saturated carbocycles. The van der Waals surface area contributed by atoms with Crippen molar-refractivity contribution >= 4 is 55.1 Å². The van der Waals surface area contributed by atoms with Crippen LogP contribution in [0.2, 0.25) is 0 Å². The molecule has 0 aliphatic carbocycles. The van der Waals surface area contributed by atoms with Gasteiger partial charge in [-0.05, 0) is 100 Å². The van der Waals surface area contributed by atoms with E-state index in [2.05, 4.69) is 94.5 Å². The van der Waals surface area contributed by atoms with E-state index in [1.807, 2.05) is 114 Å². The van der Waals surface area contributed by atoms with Gasteiger partial charge in [0.1, 0.15) is 11.4 Å². The molecule has 3 atom stereocenters. The van der Waals surface area contributed by atoms with Crippen LogP contribution in [0.25, 0.3) is 44.1 Å². The van der Waals surface area contributed by atoms with Crippen molar-refractivity contribution in [3.63, 3.8) is 0 Å². The van der Waals surface area contributed by atoms with E-state index in [1.54, 1.807) is 12.1 Å². The summed E-state index contributed by atoms with van der Waals surface area (Å²) in [5.41, 5.74) is 8.51. The van der Waals surface area contributed by atoms with E-state index in [4.69, 9.17) is 24.2 Å². The van der Waals surface area contributed by atoms with Gasteiger partial charge in [-0.2, -0.15) is 8.42 Å². The van der Waals surface area contributed by atoms with Crippen molar-refractivity contribution < 1.29 is 37.1 Å². The summed E-state index contributed by atoms with van der Waals surface area (Å²) >= 11 is 0. The number of carbonyl (C=O) groups is 2. The third-order valence-corrected chi connectivity index (χ3v) is 16.6. The number of rotatable bonds is 13. The number of ether oxygens (including phenoxy) is 2. The van der Waals surface area contributed by atoms with Crippen molar-refractivity contribution in [2.75, 3.05) is 68.9 Å². The second kappa shape index (κ2) is 28.0. The molecule has 2 N–H and O–H groups in total. The van der Waals surface area contributed by atoms with E-state index in [9.17, 15) is 23.1 Å². The van der Waals surface area contributed by atoms with Crippen molar-refractivity contribution in [3.05, 3.63) is 210 Å². The average molecular weight is 1160 g/mol. The highest BCUT2D eigenvalue weighted by molar-refractivity contribution is 7.85. The fourth-order valence-corrected chi connectivity index (χ4v) is 11.6. The molecule has 0 spiro atoms. The lowest BCUT2D eigenvalue weighted by Crippen LogP contribution is -2.54. The molecule has 3 saturated heterocycles. The number of hydrogen-bond acceptors (Lipinski definition) is 13. The van der Waals surface area contributed by atoms with Crippen molar-refractivity contribution in [1.82, 2.24) is 30.2 Å². The van der Waals surface area contributed by atoms with Crippen LogP contribution in [0.1, 0.15) is 70.5 Å². The molecule has 0 bridgehead atoms. The maximum Gasteiger partial charge on any atom is 0.294 e. The third kappa shape index (κ3) is 14.7. The molecule has 9 aromatic rings. The van der Waals surface area contributed by atoms with Gasteiger partial charge in [-0.3, -0.25) is 14.1 Å². The summed E-state index contributed by atoms with van der Waals surface area (Å²) in [6, 6.07) is 58.4. The van der Waals surface area contributed by atoms with Gasteiger partial charge in [-0.25, -0.2) is 0 Å². The van der Waals surface area contributed by atoms with Gasteiger partial charge >= 0.3 is 0 Å². The first kappa shape index (κ1) is 59.7. The van der Waals surface area contributed by atoms with Crippen LogP contribution in [0.5, 0.6) is 0 Å². The van der Waals surface area contributed by atoms with Crippen LogP contribution in [-0.4, -0.2) is 138 Å². The Hall–Kier alpha value is -8.45. The summed E-state index contributed by atoms with van der Waals surface area (Å²) in [5.74, 6) is 1.88. The monoisotopic (exact) mass is 1160 g/mol. The Bertz CT molecular complexity index is 3800. The minimum absolute atomic E-state index is 0.0526. The molecule has 3 aliphatic rings. The number of nitrogens with zero attached hydrogens (tertiary/aromatic N) is 8. The zero-order valence-corrected chi connectivity index (χ0v) is 49.1. The molecule has 85 heavy (non-hydrogen) atoms. The van der Waals surface area contributed by atoms with Crippen molar-refractivity contribution in [2.45, 2.75) is 76.1 Å². The topological polar surface area (TPSA) is 192 Å². The molecule has 438 valence electrons. The molecular formula is C68H72N8O8S. The van der Waals surface area contributed by atoms with Crippen LogP contribution in [0.3, 0.4) is 0 Å². The lowest BCUT2D eigenvalue weighted by Gasteiger charge is -2.40. The zero-order chi connectivity index (χ0) is 59.3. The third-order valence-electron chi connectivity index (χ3n) is 15.8. The molecule has 0 radical (unpaired) electrons. The zero-order valence-electron chi connectivity index (χ0n) is 48.3. The van der Waals surface area contributed by atoms with E-state index in [0.29, 0.717) is 52.3 Å². The Morgan fingerprint density at radius 1 is 0.553 bits per heavy atom. The Balaban J connectivity index is 0.000000162. The van der Waals surface area contributed by atoms with Crippen LogP contribution in [0.15, 0.2) is 187 Å². The minimum atomic E-state index is -4.02. The first-order valence-corrected chi connectivity index (χ1v) is 30.6. The van der Waals surface area contributed by atoms with Gasteiger partial charge < -0.3 is 34.2 Å². The van der Waals surface area contributed by atoms with E-state index in [1.165, 1.54) is 24.1 Å². The molecule has 17 heteroatoms. The van der Waals surface area contributed by atoms with E-state index in [-0.39, 0.29) is 41.7 Å². The van der Waals surface area contributed by atoms with Gasteiger partial charge in [0.25, 0.3) is 21.9 Å². The number of fused-ring (bicyclic) bond motifs is 2. The standard InChI is InChI=1S/C33H36N4O3.C28H28N4O2.C7H8O3S/c1-24-23-36(33(38)27-9-3-2-4-10-27)19-20-37(24)32-29-12-6-5-11-28(29)31(34-35-32)26-16-14-25(15-17-26)18-22-40-30-13-7-8-21-39-30;1-20-19-31(28(34)23-7-3-2-4-8-23)16-17-32(20)27-25-10-6-5-9-24(25)26(29-30-27)22-13-11-21(12-14-22)15-18-33;1-6-2-4-7(5-3-6)11(8,9)10/h2-6,9-12,14-17,24,30H,7-8,13,18-23H2,1H3;2-14,20,33H,15-19H2,1H3;2-5H,1H3,(H,8,9,10)/t24-,30?;20-;/m11./s1. The number of carbonyl (C=O) groups excluding carboxylic acids is 2. The maximum absolute atomic E-state index is 13.0. The molecular weight excluding hydrogens is 1090 g/mol. The lowest BCUT2D eigenvalue weighted by atomic mass is 10.0. The lowest BCUT2D eigenvalue weighted by molar-refractivity contribution is -0.161. The molecule has 5 heterocycles. The molecule has 2 aromatic heterocycles. The van der Waals surface area contributed by atoms with Crippen LogP contribution in [0, 0.1) is 6.92 Å². The van der Waals surface area contributed by atoms with E-state index >= 15 is 0 Å². The SMILES string of the molecule is C[C@@H]1CN(C(=O)c2ccccc2)CCN1c1nnc(-c2ccc(CCO)cc2)c2ccccc12.C[C@@H]1CN(C(=O)c2ccccc2)CCN1c1nnc(-c2ccc(CCOC3CCCCO3)cc2)c2ccccc12.Cc1ccc(S(=O)(=O)O)cc1. The van der Waals surface area contributed by atoms with Gasteiger partial charge in [0, 0.05) is 108 Å². The van der Waals surface area contributed by atoms with Crippen LogP contribution >= 0.6 is 0 Å². The number of aromatic nitrogens is 4. The largest absolute Gasteiger partial charge is 0.396 e. The summed E-state index contributed by atoms with van der Waals surface area (Å²) in [4.78, 5) is 34.3. The minimum Gasteiger partial charge on any atom is -0.396 e. The Morgan fingerprint density at radius 3 is 1.42 bits per heavy atom. The number of aliphatic hydroxyl groups is 1. The van der Waals surface area contributed by atoms with Crippen LogP contribution < -0.4 is 9.80 Å². The second-order valence-electron chi connectivity index (χ2n) is 21.7. The van der Waals surface area contributed by atoms with Gasteiger partial charge in [-0.1, -0.05) is 151 Å². The van der Waals surface area contributed by atoms with E-state index < -0.39 is 10.1 Å². The molecule has 3 aliphatic heterocycles. The highest BCUT2D eigenvalue weighted by Crippen LogP contribution is 2.35. The fourth-order valence-electron chi connectivity index (χ4n) is 11.1. The number of hydrogen-bond donors (Lipinski definition) is 2. The summed E-state index contributed by atoms with van der Waals surface area (Å²) in [5, 5.41) is 32.2.